The van der Waals surface area contributed by atoms with E-state index in [0.717, 1.165) is 81.7 Å². The van der Waals surface area contributed by atoms with Crippen molar-refractivity contribution >= 4 is 54.7 Å². The zero-order chi connectivity index (χ0) is 47.2. The van der Waals surface area contributed by atoms with Gasteiger partial charge in [-0.1, -0.05) is 73.1 Å². The number of likely N-dealkylation sites (tertiary alicyclic amines) is 1. The molecule has 12 nitrogen and oxygen atoms in total. The monoisotopic (exact) mass is 996 g/mol. The molecule has 5 aromatic rings. The smallest absolute Gasteiger partial charge is 0.361 e. The topological polar surface area (TPSA) is 122 Å². The molecule has 0 atom stereocenters. The molecule has 2 saturated heterocycles. The van der Waals surface area contributed by atoms with E-state index in [9.17, 15) is 30.0 Å². The molecule has 0 saturated carbocycles. The van der Waals surface area contributed by atoms with Gasteiger partial charge in [0.2, 0.25) is 0 Å². The summed E-state index contributed by atoms with van der Waals surface area (Å²) in [5.41, 5.74) is -1.10. The summed E-state index contributed by atoms with van der Waals surface area (Å²) >= 11 is 7.50. The highest BCUT2D eigenvalue weighted by Gasteiger charge is 2.49. The molecule has 19 heteroatoms. The lowest BCUT2D eigenvalue weighted by atomic mass is 9.96. The number of nitrogens with one attached hydrogen (secondary N) is 1. The van der Waals surface area contributed by atoms with Crippen LogP contribution in [-0.2, 0) is 39.4 Å². The van der Waals surface area contributed by atoms with Gasteiger partial charge in [-0.2, -0.15) is 13.2 Å². The van der Waals surface area contributed by atoms with Crippen molar-refractivity contribution in [2.45, 2.75) is 71.9 Å². The van der Waals surface area contributed by atoms with E-state index in [0.29, 0.717) is 60.9 Å². The number of nitrogens with zero attached hydrogens (tertiary/aromatic N) is 7. The first kappa shape index (κ1) is 49.2. The summed E-state index contributed by atoms with van der Waals surface area (Å²) in [7, 11) is -10.6. The van der Waals surface area contributed by atoms with Gasteiger partial charge in [0, 0.05) is 73.9 Å². The Morgan fingerprint density at radius 2 is 1.52 bits per heavy atom. The number of sulfone groups is 1. The molecular formula is C48H56ClF3N8O4S3. The summed E-state index contributed by atoms with van der Waals surface area (Å²) in [5.74, 6) is 0.144. The van der Waals surface area contributed by atoms with E-state index in [-0.39, 0.29) is 23.9 Å². The minimum absolute atomic E-state index is 0.0174. The Morgan fingerprint density at radius 3 is 2.24 bits per heavy atom. The van der Waals surface area contributed by atoms with Gasteiger partial charge in [-0.3, -0.25) is 14.5 Å². The maximum Gasteiger partial charge on any atom is 0.501 e. The van der Waals surface area contributed by atoms with E-state index in [1.54, 1.807) is 4.90 Å². The number of hydrogen-bond acceptors (Lipinski definition) is 12. The van der Waals surface area contributed by atoms with Gasteiger partial charge in [0.05, 0.1) is 22.2 Å². The van der Waals surface area contributed by atoms with Crippen LogP contribution in [0.15, 0.2) is 118 Å². The average Bonchev–Trinajstić information content (AvgIpc) is 3.33. The molecule has 0 amide bonds. The quantitative estimate of drug-likeness (QED) is 0.0711. The molecule has 0 aliphatic carbocycles. The van der Waals surface area contributed by atoms with Crippen LogP contribution in [0, 0.1) is 0 Å². The zero-order valence-electron chi connectivity index (χ0n) is 37.4. The van der Waals surface area contributed by atoms with Crippen LogP contribution in [0.2, 0.25) is 5.02 Å². The number of alkyl halides is 3. The van der Waals surface area contributed by atoms with Crippen molar-refractivity contribution in [3.8, 4) is 11.1 Å². The lowest BCUT2D eigenvalue weighted by Crippen LogP contribution is -2.46. The van der Waals surface area contributed by atoms with Crippen LogP contribution in [0.5, 0.6) is 0 Å². The molecule has 3 aliphatic rings. The Labute approximate surface area is 401 Å². The van der Waals surface area contributed by atoms with Crippen molar-refractivity contribution < 1.29 is 30.0 Å². The normalized spacial score (nSPS) is 17.3. The van der Waals surface area contributed by atoms with Crippen LogP contribution in [0.25, 0.3) is 11.1 Å². The van der Waals surface area contributed by atoms with Gasteiger partial charge >= 0.3 is 5.51 Å². The average molecular weight is 998 g/mol. The zero-order valence-corrected chi connectivity index (χ0v) is 40.6. The Hall–Kier alpha value is -4.27. The number of thioether (sulfide) groups is 1. The van der Waals surface area contributed by atoms with Crippen molar-refractivity contribution in [1.82, 2.24) is 29.6 Å². The summed E-state index contributed by atoms with van der Waals surface area (Å²) in [6.07, 6.45) is 4.15. The standard InChI is InChI=1S/C48H56ClF3N8O4S3/c1-2-56-27-29-57(30-28-56)22-8-23-60(35-65-40-10-4-3-5-11-40)45-18-17-41(31-46(45)66(61,62)48(50,51)52)67(63,64)55-47-43-21-26-59(33-44(43)53-34-54-47)39-19-24-58(25-20-39)32-37-9-6-7-12-42(37)36-13-15-38(49)16-14-36/h3-7,9-18,31,34,39H,2,8,19-30,32-33,35H2,1H3,(H,53,54,55). The van der Waals surface area contributed by atoms with E-state index < -0.39 is 35.2 Å². The highest BCUT2D eigenvalue weighted by atomic mass is 35.5. The molecule has 67 heavy (non-hydrogen) atoms. The maximum absolute atomic E-state index is 14.5. The number of anilines is 2. The van der Waals surface area contributed by atoms with E-state index >= 15 is 0 Å². The van der Waals surface area contributed by atoms with E-state index in [4.69, 9.17) is 11.6 Å². The number of sulfonamides is 1. The molecule has 1 N–H and O–H groups in total. The van der Waals surface area contributed by atoms with Gasteiger partial charge in [0.1, 0.15) is 17.0 Å². The number of halogens is 4. The molecule has 0 radical (unpaired) electrons. The number of aromatic nitrogens is 2. The van der Waals surface area contributed by atoms with Crippen molar-refractivity contribution in [1.29, 1.82) is 0 Å². The van der Waals surface area contributed by atoms with Crippen LogP contribution >= 0.6 is 23.4 Å². The van der Waals surface area contributed by atoms with Gasteiger partial charge in [-0.05, 0) is 111 Å². The molecule has 8 rings (SSSR count). The van der Waals surface area contributed by atoms with Crippen LogP contribution in [0.1, 0.15) is 43.0 Å². The molecule has 0 spiro atoms. The number of piperazine rings is 1. The molecule has 3 aliphatic heterocycles. The Kier molecular flexibility index (Phi) is 15.8. The first-order valence-corrected chi connectivity index (χ1v) is 27.0. The molecule has 0 unspecified atom stereocenters. The first-order valence-electron chi connectivity index (χ1n) is 22.7. The van der Waals surface area contributed by atoms with Gasteiger partial charge in [-0.25, -0.2) is 26.8 Å². The molecule has 4 aromatic carbocycles. The summed E-state index contributed by atoms with van der Waals surface area (Å²) in [6.45, 7) is 11.3. The second-order valence-electron chi connectivity index (χ2n) is 17.2. The van der Waals surface area contributed by atoms with Crippen molar-refractivity contribution in [3.63, 3.8) is 0 Å². The van der Waals surface area contributed by atoms with Crippen molar-refractivity contribution in [2.24, 2.45) is 0 Å². The Bertz CT molecular complexity index is 2690. The fourth-order valence-electron chi connectivity index (χ4n) is 9.21. The fourth-order valence-corrected chi connectivity index (χ4v) is 12.4. The third-order valence-corrected chi connectivity index (χ3v) is 17.2. The van der Waals surface area contributed by atoms with Gasteiger partial charge < -0.3 is 14.7 Å². The van der Waals surface area contributed by atoms with Crippen LogP contribution < -0.4 is 9.62 Å². The summed E-state index contributed by atoms with van der Waals surface area (Å²) < 4.78 is 101. The number of rotatable bonds is 17. The second kappa shape index (κ2) is 21.6. The molecule has 1 aromatic heterocycles. The summed E-state index contributed by atoms with van der Waals surface area (Å²) in [6, 6.07) is 28.8. The minimum Gasteiger partial charge on any atom is -0.361 e. The third kappa shape index (κ3) is 12.0. The minimum atomic E-state index is -6.01. The SMILES string of the molecule is CCN1CCN(CCCN(CSc2ccccc2)c2ccc(S(=O)(=O)Nc3ncnc4c3CCN(C3CCN(Cc5ccccc5-c5ccc(Cl)cc5)CC3)C4)cc2S(=O)(=O)C(F)(F)F)CC1. The number of likely N-dealkylation sites (N-methyl/N-ethyl adjacent to an activating group) is 1. The molecule has 4 heterocycles. The summed E-state index contributed by atoms with van der Waals surface area (Å²) in [5, 5.41) is 0.698. The summed E-state index contributed by atoms with van der Waals surface area (Å²) in [4.78, 5) is 19.0. The molecule has 358 valence electrons. The lowest BCUT2D eigenvalue weighted by molar-refractivity contribution is -0.0435. The van der Waals surface area contributed by atoms with Crippen LogP contribution in [-0.4, -0.2) is 129 Å². The number of benzene rings is 4. The fraction of sp³-hybridized carbons (Fsp3) is 0.417. The van der Waals surface area contributed by atoms with Gasteiger partial charge in [0.25, 0.3) is 19.9 Å². The van der Waals surface area contributed by atoms with Gasteiger partial charge in [-0.15, -0.1) is 11.8 Å². The number of piperidine rings is 1. The van der Waals surface area contributed by atoms with E-state index in [1.807, 2.05) is 60.7 Å². The van der Waals surface area contributed by atoms with Crippen molar-refractivity contribution in [3.05, 3.63) is 125 Å². The van der Waals surface area contributed by atoms with Crippen LogP contribution in [0.4, 0.5) is 24.7 Å². The van der Waals surface area contributed by atoms with Crippen molar-refractivity contribution in [2.75, 3.05) is 80.9 Å². The van der Waals surface area contributed by atoms with Crippen LogP contribution in [0.3, 0.4) is 0 Å². The number of fused-ring (bicyclic) bond motifs is 1. The molecular weight excluding hydrogens is 941 g/mol. The van der Waals surface area contributed by atoms with E-state index in [1.165, 1.54) is 35.3 Å². The largest absolute Gasteiger partial charge is 0.501 e. The van der Waals surface area contributed by atoms with Gasteiger partial charge in [0.15, 0.2) is 0 Å². The second-order valence-corrected chi connectivity index (χ2v) is 22.2. The predicted octanol–water partition coefficient (Wildman–Crippen LogP) is 8.50. The molecule has 0 bridgehead atoms. The first-order chi connectivity index (χ1) is 32.2. The number of hydrogen-bond donors (Lipinski definition) is 1. The Balaban J connectivity index is 0.964. The molecule has 2 fully saturated rings. The van der Waals surface area contributed by atoms with E-state index in [2.05, 4.69) is 59.4 Å². The predicted molar refractivity (Wildman–Crippen MR) is 260 cm³/mol. The maximum atomic E-state index is 14.5. The third-order valence-electron chi connectivity index (χ3n) is 13.0. The highest BCUT2D eigenvalue weighted by molar-refractivity contribution is 7.99. The lowest BCUT2D eigenvalue weighted by Gasteiger charge is -2.40. The highest BCUT2D eigenvalue weighted by Crippen LogP contribution is 2.39. The Morgan fingerprint density at radius 1 is 0.821 bits per heavy atom.